The van der Waals surface area contributed by atoms with E-state index in [1.165, 1.54) is 11.1 Å². The fourth-order valence-electron chi connectivity index (χ4n) is 1.09. The molecule has 1 aromatic carbocycles. The summed E-state index contributed by atoms with van der Waals surface area (Å²) in [6, 6.07) is 6.10. The van der Waals surface area contributed by atoms with E-state index in [2.05, 4.69) is 19.9 Å². The molecule has 0 heterocycles. The summed E-state index contributed by atoms with van der Waals surface area (Å²) in [5, 5.41) is 0. The molecular formula is C11H12NOSn. The molecule has 14 heavy (non-hydrogen) atoms. The molecule has 3 radical (unpaired) electrons. The minimum atomic E-state index is -0.332. The van der Waals surface area contributed by atoms with Crippen LogP contribution in [0, 0.1) is 13.8 Å². The zero-order valence-electron chi connectivity index (χ0n) is 8.29. The van der Waals surface area contributed by atoms with Gasteiger partial charge >= 0.3 is 97.4 Å². The Kier molecular flexibility index (Phi) is 3.75. The van der Waals surface area contributed by atoms with E-state index in [0.717, 1.165) is 28.1 Å². The van der Waals surface area contributed by atoms with Crippen LogP contribution in [0.25, 0.3) is 6.08 Å². The number of rotatable bonds is 2. The Morgan fingerprint density at radius 2 is 2.00 bits per heavy atom. The summed E-state index contributed by atoms with van der Waals surface area (Å²) in [6.45, 7) is 4.12. The molecule has 1 rings (SSSR count). The van der Waals surface area contributed by atoms with Crippen LogP contribution in [-0.2, 0) is 4.79 Å². The molecule has 0 unspecified atom stereocenters. The van der Waals surface area contributed by atoms with Gasteiger partial charge in [0.2, 0.25) is 0 Å². The summed E-state index contributed by atoms with van der Waals surface area (Å²) < 4.78 is 0.667. The van der Waals surface area contributed by atoms with E-state index in [-0.39, 0.29) is 5.91 Å². The molecule has 0 fully saturated rings. The fraction of sp³-hybridized carbons (Fsp3) is 0.182. The second kappa shape index (κ2) is 4.64. The van der Waals surface area contributed by atoms with Crippen molar-refractivity contribution in [1.29, 1.82) is 0 Å². The average Bonchev–Trinajstić information content (AvgIpc) is 2.11. The van der Waals surface area contributed by atoms with Crippen molar-refractivity contribution in [2.75, 3.05) is 0 Å². The quantitative estimate of drug-likeness (QED) is 0.648. The third-order valence-corrected chi connectivity index (χ3v) is 3.22. The van der Waals surface area contributed by atoms with Crippen LogP contribution in [0.3, 0.4) is 0 Å². The van der Waals surface area contributed by atoms with Crippen molar-refractivity contribution in [3.05, 3.63) is 38.5 Å². The van der Waals surface area contributed by atoms with Gasteiger partial charge in [0.1, 0.15) is 0 Å². The molecule has 2 nitrogen and oxygen atoms in total. The van der Waals surface area contributed by atoms with Crippen molar-refractivity contribution in [2.24, 2.45) is 5.73 Å². The summed E-state index contributed by atoms with van der Waals surface area (Å²) in [7, 11) is 0. The van der Waals surface area contributed by atoms with Gasteiger partial charge in [0.05, 0.1) is 0 Å². The number of nitrogens with two attached hydrogens (primary N) is 1. The van der Waals surface area contributed by atoms with Crippen molar-refractivity contribution in [2.45, 2.75) is 13.8 Å². The number of carbonyl (C=O) groups excluding carboxylic acids is 1. The summed E-state index contributed by atoms with van der Waals surface area (Å²) in [4.78, 5) is 10.8. The Labute approximate surface area is 97.3 Å². The number of primary amides is 1. The molecule has 0 bridgehead atoms. The molecule has 0 saturated heterocycles. The molecule has 2 N–H and O–H groups in total. The summed E-state index contributed by atoms with van der Waals surface area (Å²) >= 11 is 1.05. The molecule has 0 aliphatic carbocycles. The molecule has 3 heteroatoms. The van der Waals surface area contributed by atoms with Gasteiger partial charge in [-0.15, -0.1) is 0 Å². The zero-order chi connectivity index (χ0) is 10.7. The van der Waals surface area contributed by atoms with Crippen LogP contribution in [0.4, 0.5) is 0 Å². The van der Waals surface area contributed by atoms with Gasteiger partial charge in [-0.1, -0.05) is 0 Å². The zero-order valence-corrected chi connectivity index (χ0v) is 11.1. The van der Waals surface area contributed by atoms with Gasteiger partial charge in [-0.25, -0.2) is 0 Å². The summed E-state index contributed by atoms with van der Waals surface area (Å²) in [6.07, 6.45) is 1.84. The van der Waals surface area contributed by atoms with Crippen molar-refractivity contribution >= 4 is 34.5 Å². The van der Waals surface area contributed by atoms with Crippen LogP contribution in [-0.4, -0.2) is 28.4 Å². The second-order valence-corrected chi connectivity index (χ2v) is 4.80. The van der Waals surface area contributed by atoms with E-state index in [1.54, 1.807) is 0 Å². The van der Waals surface area contributed by atoms with Crippen molar-refractivity contribution < 1.29 is 4.79 Å². The first-order chi connectivity index (χ1) is 6.50. The number of amides is 1. The van der Waals surface area contributed by atoms with E-state index in [0.29, 0.717) is 3.59 Å². The number of hydrogen-bond donors (Lipinski definition) is 1. The van der Waals surface area contributed by atoms with Crippen LogP contribution in [0.2, 0.25) is 0 Å². The van der Waals surface area contributed by atoms with Crippen molar-refractivity contribution in [1.82, 2.24) is 0 Å². The van der Waals surface area contributed by atoms with Gasteiger partial charge < -0.3 is 0 Å². The predicted octanol–water partition coefficient (Wildman–Crippen LogP) is 1.30. The molecule has 1 aromatic rings. The average molecular weight is 293 g/mol. The Hall–Kier alpha value is -0.771. The first-order valence-electron chi connectivity index (χ1n) is 4.31. The summed E-state index contributed by atoms with van der Waals surface area (Å²) in [5.41, 5.74) is 8.69. The van der Waals surface area contributed by atoms with Gasteiger partial charge in [-0.05, 0) is 0 Å². The van der Waals surface area contributed by atoms with E-state index in [4.69, 9.17) is 5.73 Å². The van der Waals surface area contributed by atoms with Gasteiger partial charge in [-0.2, -0.15) is 0 Å². The topological polar surface area (TPSA) is 43.1 Å². The van der Waals surface area contributed by atoms with Gasteiger partial charge in [0.25, 0.3) is 0 Å². The van der Waals surface area contributed by atoms with Crippen LogP contribution in [0.1, 0.15) is 16.7 Å². The fourth-order valence-corrected chi connectivity index (χ4v) is 1.57. The molecule has 71 valence electrons. The van der Waals surface area contributed by atoms with Gasteiger partial charge in [0, 0.05) is 0 Å². The Balaban J connectivity index is 3.04. The molecule has 0 atom stereocenters. The van der Waals surface area contributed by atoms with Crippen LogP contribution in [0.5, 0.6) is 0 Å². The molecule has 0 saturated carbocycles. The Bertz CT molecular complexity index is 396. The Morgan fingerprint density at radius 1 is 1.36 bits per heavy atom. The van der Waals surface area contributed by atoms with E-state index < -0.39 is 0 Å². The second-order valence-electron chi connectivity index (χ2n) is 3.27. The Morgan fingerprint density at radius 3 is 2.50 bits per heavy atom. The third kappa shape index (κ3) is 2.87. The monoisotopic (exact) mass is 294 g/mol. The molecule has 0 aliphatic heterocycles. The molecule has 0 aromatic heterocycles. The van der Waals surface area contributed by atoms with Gasteiger partial charge in [-0.3, -0.25) is 0 Å². The van der Waals surface area contributed by atoms with E-state index in [1.807, 2.05) is 18.2 Å². The third-order valence-electron chi connectivity index (χ3n) is 2.11. The number of carbonyl (C=O) groups is 1. The van der Waals surface area contributed by atoms with Gasteiger partial charge in [0.15, 0.2) is 0 Å². The van der Waals surface area contributed by atoms with Crippen molar-refractivity contribution in [3.63, 3.8) is 0 Å². The number of hydrogen-bond acceptors (Lipinski definition) is 1. The predicted molar refractivity (Wildman–Crippen MR) is 58.8 cm³/mol. The number of aryl methyl sites for hydroxylation is 2. The maximum absolute atomic E-state index is 10.8. The normalized spacial score (nSPS) is 11.5. The SMILES string of the molecule is Cc1ccc(/C=[C](/[Sn])C(N)=O)cc1C. The first-order valence-corrected chi connectivity index (χ1v) is 5.74. The molecule has 0 spiro atoms. The van der Waals surface area contributed by atoms with Crippen LogP contribution >= 0.6 is 0 Å². The minimum absolute atomic E-state index is 0.332. The molecular weight excluding hydrogens is 281 g/mol. The van der Waals surface area contributed by atoms with E-state index >= 15 is 0 Å². The van der Waals surface area contributed by atoms with Crippen LogP contribution in [0.15, 0.2) is 21.8 Å². The molecule has 0 aliphatic rings. The standard InChI is InChI=1S/C11H12NO.Sn/c1-8-3-4-10(7-9(8)2)5-6-11(12)13;/h3-5,7H,1-2H3,(H2,12,13);. The van der Waals surface area contributed by atoms with Crippen LogP contribution < -0.4 is 5.73 Å². The first kappa shape index (κ1) is 11.3. The maximum atomic E-state index is 10.8. The molecule has 1 amide bonds. The van der Waals surface area contributed by atoms with E-state index in [9.17, 15) is 4.79 Å². The summed E-state index contributed by atoms with van der Waals surface area (Å²) in [5.74, 6) is -0.332. The van der Waals surface area contributed by atoms with Crippen molar-refractivity contribution in [3.8, 4) is 0 Å². The number of benzene rings is 1.